The summed E-state index contributed by atoms with van der Waals surface area (Å²) in [6.07, 6.45) is 4.02. The van der Waals surface area contributed by atoms with Crippen molar-refractivity contribution in [1.29, 1.82) is 0 Å². The Morgan fingerprint density at radius 2 is 1.54 bits per heavy atom. The Balaban J connectivity index is 0.000000446. The number of carbonyl (C=O) groups is 2. The van der Waals surface area contributed by atoms with Crippen LogP contribution in [-0.4, -0.2) is 60.0 Å². The van der Waals surface area contributed by atoms with E-state index in [0.717, 1.165) is 18.4 Å². The van der Waals surface area contributed by atoms with Crippen molar-refractivity contribution >= 4 is 29.1 Å². The van der Waals surface area contributed by atoms with E-state index in [9.17, 15) is 28.1 Å². The Kier molecular flexibility index (Phi) is 12.1. The molecule has 0 aliphatic heterocycles. The third-order valence-electron chi connectivity index (χ3n) is 6.70. The molecule has 0 saturated heterocycles. The molecule has 2 aromatic carbocycles. The van der Waals surface area contributed by atoms with E-state index < -0.39 is 40.0 Å². The molecule has 0 radical (unpaired) electrons. The normalized spacial score (nSPS) is 15.4. The van der Waals surface area contributed by atoms with E-state index in [0.29, 0.717) is 38.6 Å². The Morgan fingerprint density at radius 1 is 1.00 bits per heavy atom. The fraction of sp³-hybridized carbons (Fsp3) is 0.481. The molecule has 7 N–H and O–H groups in total. The molecule has 0 heterocycles. The number of hydrogen-bond donors (Lipinski definition) is 6. The number of hydrogen-bond acceptors (Lipinski definition) is 7. The van der Waals surface area contributed by atoms with E-state index in [1.807, 2.05) is 44.2 Å². The van der Waals surface area contributed by atoms with Crippen LogP contribution < -0.4 is 16.4 Å². The standard InChI is InChI=1S/C21H34BN3O4.C6H6O3S/c1-20(2,15-16-9-4-3-5-10-16)25-19(27)21(12-6-7-13-21)18(26)24-17(22(28)29)11-8-14-23;7-10(8,9)6-4-2-1-3-5-6/h3-5,9-10,17,28-29H,6-8,11-15,23H2,1-2H3,(H,24,26)(H,25,27);1-5H,(H,7,8,9). The summed E-state index contributed by atoms with van der Waals surface area (Å²) in [6.45, 7) is 4.28. The Morgan fingerprint density at radius 3 is 2.00 bits per heavy atom. The van der Waals surface area contributed by atoms with Gasteiger partial charge in [-0.1, -0.05) is 61.4 Å². The molecule has 2 aromatic rings. The van der Waals surface area contributed by atoms with Crippen LogP contribution in [0.5, 0.6) is 0 Å². The highest BCUT2D eigenvalue weighted by molar-refractivity contribution is 7.85. The second-order valence-corrected chi connectivity index (χ2v) is 11.9. The average Bonchev–Trinajstić information content (AvgIpc) is 3.38. The molecule has 214 valence electrons. The van der Waals surface area contributed by atoms with E-state index in [4.69, 9.17) is 10.3 Å². The molecule has 0 spiro atoms. The van der Waals surface area contributed by atoms with Gasteiger partial charge >= 0.3 is 7.12 Å². The van der Waals surface area contributed by atoms with Crippen molar-refractivity contribution in [2.24, 2.45) is 11.1 Å². The summed E-state index contributed by atoms with van der Waals surface area (Å²) in [5.41, 5.74) is 4.90. The zero-order valence-corrected chi connectivity index (χ0v) is 23.4. The lowest BCUT2D eigenvalue weighted by atomic mass is 9.75. The largest absolute Gasteiger partial charge is 0.475 e. The third-order valence-corrected chi connectivity index (χ3v) is 7.57. The number of benzene rings is 2. The lowest BCUT2D eigenvalue weighted by Gasteiger charge is -2.34. The molecule has 1 saturated carbocycles. The number of carbonyl (C=O) groups excluding carboxylic acids is 2. The van der Waals surface area contributed by atoms with Crippen LogP contribution in [0.1, 0.15) is 57.9 Å². The van der Waals surface area contributed by atoms with Gasteiger partial charge in [0.05, 0.1) is 10.8 Å². The van der Waals surface area contributed by atoms with E-state index in [1.165, 1.54) is 12.1 Å². The summed E-state index contributed by atoms with van der Waals surface area (Å²) in [5.74, 6) is -1.56. The smallest absolute Gasteiger partial charge is 0.426 e. The van der Waals surface area contributed by atoms with Crippen LogP contribution in [0.4, 0.5) is 0 Å². The molecular formula is C27H40BN3O7S. The summed E-state index contributed by atoms with van der Waals surface area (Å²) in [7, 11) is -5.70. The van der Waals surface area contributed by atoms with Crippen molar-refractivity contribution in [3.8, 4) is 0 Å². The highest BCUT2D eigenvalue weighted by atomic mass is 32.2. The first-order valence-corrected chi connectivity index (χ1v) is 14.5. The van der Waals surface area contributed by atoms with Crippen molar-refractivity contribution in [3.63, 3.8) is 0 Å². The third kappa shape index (κ3) is 10.0. The number of amides is 2. The van der Waals surface area contributed by atoms with Crippen LogP contribution in [-0.2, 0) is 26.1 Å². The van der Waals surface area contributed by atoms with Crippen molar-refractivity contribution in [3.05, 3.63) is 66.2 Å². The molecule has 1 atom stereocenters. The zero-order chi connectivity index (χ0) is 29.1. The summed E-state index contributed by atoms with van der Waals surface area (Å²) in [5, 5.41) is 25.0. The predicted octanol–water partition coefficient (Wildman–Crippen LogP) is 1.85. The molecule has 1 aliphatic rings. The molecule has 0 bridgehead atoms. The molecule has 10 nitrogen and oxygen atoms in total. The summed E-state index contributed by atoms with van der Waals surface area (Å²) in [4.78, 5) is 26.3. The highest BCUT2D eigenvalue weighted by Crippen LogP contribution is 2.39. The highest BCUT2D eigenvalue weighted by Gasteiger charge is 2.49. The first-order chi connectivity index (χ1) is 18.3. The lowest BCUT2D eigenvalue weighted by molar-refractivity contribution is -0.144. The molecular weight excluding hydrogens is 521 g/mol. The average molecular weight is 562 g/mol. The summed E-state index contributed by atoms with van der Waals surface area (Å²) in [6, 6.07) is 17.3. The van der Waals surface area contributed by atoms with Crippen LogP contribution >= 0.6 is 0 Å². The van der Waals surface area contributed by atoms with Crippen molar-refractivity contribution < 1.29 is 32.6 Å². The molecule has 1 fully saturated rings. The first-order valence-electron chi connectivity index (χ1n) is 13.1. The predicted molar refractivity (Wildman–Crippen MR) is 150 cm³/mol. The fourth-order valence-corrected chi connectivity index (χ4v) is 5.15. The SMILES string of the molecule is CC(C)(Cc1ccccc1)NC(=O)C1(C(=O)NC(CCCN)B(O)O)CCCC1.O=S(=O)(O)c1ccccc1. The van der Waals surface area contributed by atoms with Gasteiger partial charge in [-0.2, -0.15) is 8.42 Å². The van der Waals surface area contributed by atoms with E-state index >= 15 is 0 Å². The zero-order valence-electron chi connectivity index (χ0n) is 22.5. The van der Waals surface area contributed by atoms with Gasteiger partial charge in [-0.15, -0.1) is 0 Å². The van der Waals surface area contributed by atoms with Gasteiger partial charge in [0.25, 0.3) is 10.1 Å². The maximum Gasteiger partial charge on any atom is 0.475 e. The van der Waals surface area contributed by atoms with Crippen LogP contribution in [0.3, 0.4) is 0 Å². The van der Waals surface area contributed by atoms with Crippen LogP contribution in [0.15, 0.2) is 65.6 Å². The van der Waals surface area contributed by atoms with E-state index in [2.05, 4.69) is 10.6 Å². The quantitative estimate of drug-likeness (QED) is 0.137. The summed E-state index contributed by atoms with van der Waals surface area (Å²) >= 11 is 0. The van der Waals surface area contributed by atoms with Crippen LogP contribution in [0, 0.1) is 5.41 Å². The molecule has 1 aliphatic carbocycles. The maximum atomic E-state index is 13.3. The monoisotopic (exact) mass is 561 g/mol. The van der Waals surface area contributed by atoms with E-state index in [-0.39, 0.29) is 10.8 Å². The van der Waals surface area contributed by atoms with Gasteiger partial charge < -0.3 is 26.4 Å². The van der Waals surface area contributed by atoms with Gasteiger partial charge in [-0.3, -0.25) is 14.1 Å². The Bertz CT molecular complexity index is 1160. The minimum atomic E-state index is -4.00. The maximum absolute atomic E-state index is 13.3. The Hall–Kier alpha value is -2.77. The van der Waals surface area contributed by atoms with Crippen LogP contribution in [0.2, 0.25) is 0 Å². The molecule has 1 unspecified atom stereocenters. The molecule has 0 aromatic heterocycles. The van der Waals surface area contributed by atoms with Crippen LogP contribution in [0.25, 0.3) is 0 Å². The number of rotatable bonds is 11. The van der Waals surface area contributed by atoms with Gasteiger partial charge in [0.15, 0.2) is 0 Å². The topological polar surface area (TPSA) is 179 Å². The van der Waals surface area contributed by atoms with Crippen molar-refractivity contribution in [1.82, 2.24) is 10.6 Å². The summed E-state index contributed by atoms with van der Waals surface area (Å²) < 4.78 is 29.2. The van der Waals surface area contributed by atoms with Gasteiger partial charge in [0, 0.05) is 5.54 Å². The van der Waals surface area contributed by atoms with Gasteiger partial charge in [-0.25, -0.2) is 0 Å². The number of nitrogens with two attached hydrogens (primary N) is 1. The van der Waals surface area contributed by atoms with E-state index in [1.54, 1.807) is 18.2 Å². The minimum Gasteiger partial charge on any atom is -0.426 e. The lowest BCUT2D eigenvalue weighted by Crippen LogP contribution is -2.58. The fourth-order valence-electron chi connectivity index (χ4n) is 4.65. The molecule has 12 heteroatoms. The molecule has 39 heavy (non-hydrogen) atoms. The van der Waals surface area contributed by atoms with Crippen molar-refractivity contribution in [2.75, 3.05) is 6.54 Å². The van der Waals surface area contributed by atoms with Gasteiger partial charge in [0.2, 0.25) is 11.8 Å². The Labute approximate surface area is 231 Å². The second kappa shape index (κ2) is 14.6. The number of nitrogens with one attached hydrogen (secondary N) is 2. The van der Waals surface area contributed by atoms with Crippen molar-refractivity contribution in [2.45, 2.75) is 75.2 Å². The molecule has 2 amide bonds. The molecule has 3 rings (SSSR count). The van der Waals surface area contributed by atoms with Gasteiger partial charge in [0.1, 0.15) is 5.41 Å². The van der Waals surface area contributed by atoms with Gasteiger partial charge in [-0.05, 0) is 70.2 Å². The first kappa shape index (κ1) is 32.4. The second-order valence-electron chi connectivity index (χ2n) is 10.5. The minimum absolute atomic E-state index is 0.0741.